The lowest BCUT2D eigenvalue weighted by Gasteiger charge is -2.07. The molecule has 94 valence electrons. The number of halogens is 1. The topological polar surface area (TPSA) is 50.7 Å². The van der Waals surface area contributed by atoms with E-state index in [1.807, 2.05) is 30.3 Å². The zero-order chi connectivity index (χ0) is 13.2. The summed E-state index contributed by atoms with van der Waals surface area (Å²) in [7, 11) is 0. The van der Waals surface area contributed by atoms with Crippen LogP contribution in [-0.4, -0.2) is 15.0 Å². The van der Waals surface area contributed by atoms with E-state index in [0.717, 1.165) is 16.6 Å². The molecule has 0 amide bonds. The van der Waals surface area contributed by atoms with Crippen LogP contribution >= 0.6 is 11.6 Å². The van der Waals surface area contributed by atoms with Crippen LogP contribution in [0.15, 0.2) is 42.6 Å². The van der Waals surface area contributed by atoms with E-state index in [9.17, 15) is 0 Å². The van der Waals surface area contributed by atoms with Gasteiger partial charge in [0.05, 0.1) is 5.52 Å². The summed E-state index contributed by atoms with van der Waals surface area (Å²) < 4.78 is 0. The molecule has 19 heavy (non-hydrogen) atoms. The molecule has 3 rings (SSSR count). The largest absolute Gasteiger partial charge is 0.340 e. The number of hydrogen-bond acceptors (Lipinski definition) is 4. The summed E-state index contributed by atoms with van der Waals surface area (Å²) in [6.45, 7) is 1.81. The van der Waals surface area contributed by atoms with Gasteiger partial charge in [-0.15, -0.1) is 0 Å². The van der Waals surface area contributed by atoms with Crippen LogP contribution in [0.1, 0.15) is 5.82 Å². The third-order valence-electron chi connectivity index (χ3n) is 2.68. The molecule has 0 aliphatic rings. The van der Waals surface area contributed by atoms with E-state index >= 15 is 0 Å². The number of nitrogens with zero attached hydrogens (tertiary/aromatic N) is 3. The van der Waals surface area contributed by atoms with Crippen molar-refractivity contribution in [1.82, 2.24) is 15.0 Å². The Morgan fingerprint density at radius 1 is 1.11 bits per heavy atom. The quantitative estimate of drug-likeness (QED) is 0.721. The SMILES string of the molecule is Cc1nc(Cl)cc(Nc2ccc3ncccc3c2)n1. The van der Waals surface area contributed by atoms with Crippen molar-refractivity contribution in [3.8, 4) is 0 Å². The molecule has 0 saturated carbocycles. The minimum atomic E-state index is 0.428. The summed E-state index contributed by atoms with van der Waals surface area (Å²) in [5.74, 6) is 1.32. The van der Waals surface area contributed by atoms with E-state index in [2.05, 4.69) is 20.3 Å². The van der Waals surface area contributed by atoms with Crippen molar-refractivity contribution in [3.63, 3.8) is 0 Å². The summed E-state index contributed by atoms with van der Waals surface area (Å²) in [6.07, 6.45) is 1.78. The Balaban J connectivity index is 1.96. The van der Waals surface area contributed by atoms with Crippen LogP contribution < -0.4 is 5.32 Å². The summed E-state index contributed by atoms with van der Waals surface area (Å²) >= 11 is 5.91. The molecule has 1 N–H and O–H groups in total. The monoisotopic (exact) mass is 270 g/mol. The smallest absolute Gasteiger partial charge is 0.135 e. The number of nitrogens with one attached hydrogen (secondary N) is 1. The second-order valence-electron chi connectivity index (χ2n) is 4.16. The Bertz CT molecular complexity index is 722. The number of pyridine rings is 1. The van der Waals surface area contributed by atoms with Gasteiger partial charge in [0.2, 0.25) is 0 Å². The van der Waals surface area contributed by atoms with Crippen molar-refractivity contribution >= 4 is 34.0 Å². The maximum atomic E-state index is 5.91. The maximum Gasteiger partial charge on any atom is 0.135 e. The molecule has 0 bridgehead atoms. The lowest BCUT2D eigenvalue weighted by molar-refractivity contribution is 1.06. The third kappa shape index (κ3) is 2.63. The van der Waals surface area contributed by atoms with Crippen molar-refractivity contribution in [2.75, 3.05) is 5.32 Å². The van der Waals surface area contributed by atoms with Gasteiger partial charge >= 0.3 is 0 Å². The van der Waals surface area contributed by atoms with Crippen molar-refractivity contribution in [2.24, 2.45) is 0 Å². The molecule has 0 radical (unpaired) electrons. The molecule has 2 heterocycles. The van der Waals surface area contributed by atoms with Crippen LogP contribution in [0.5, 0.6) is 0 Å². The van der Waals surface area contributed by atoms with Gasteiger partial charge in [-0.1, -0.05) is 17.7 Å². The predicted octanol–water partition coefficient (Wildman–Crippen LogP) is 3.73. The van der Waals surface area contributed by atoms with Gasteiger partial charge in [0, 0.05) is 23.3 Å². The lowest BCUT2D eigenvalue weighted by Crippen LogP contribution is -1.97. The molecule has 0 aliphatic carbocycles. The van der Waals surface area contributed by atoms with E-state index in [1.165, 1.54) is 0 Å². The highest BCUT2D eigenvalue weighted by Gasteiger charge is 2.02. The molecular formula is C14H11ClN4. The molecule has 0 fully saturated rings. The van der Waals surface area contributed by atoms with Gasteiger partial charge in [0.25, 0.3) is 0 Å². The molecule has 0 saturated heterocycles. The van der Waals surface area contributed by atoms with Crippen molar-refractivity contribution in [3.05, 3.63) is 53.6 Å². The Morgan fingerprint density at radius 2 is 2.00 bits per heavy atom. The average Bonchev–Trinajstić information content (AvgIpc) is 2.37. The molecule has 3 aromatic rings. The molecule has 4 nitrogen and oxygen atoms in total. The predicted molar refractivity (Wildman–Crippen MR) is 76.8 cm³/mol. The summed E-state index contributed by atoms with van der Waals surface area (Å²) in [4.78, 5) is 12.6. The molecule has 0 unspecified atom stereocenters. The molecular weight excluding hydrogens is 260 g/mol. The van der Waals surface area contributed by atoms with E-state index in [1.54, 1.807) is 19.2 Å². The molecule has 0 spiro atoms. The number of aryl methyl sites for hydroxylation is 1. The number of anilines is 2. The zero-order valence-electron chi connectivity index (χ0n) is 10.3. The van der Waals surface area contributed by atoms with Crippen LogP contribution in [-0.2, 0) is 0 Å². The van der Waals surface area contributed by atoms with E-state index in [-0.39, 0.29) is 0 Å². The minimum Gasteiger partial charge on any atom is -0.340 e. The first-order chi connectivity index (χ1) is 9.20. The Kier molecular flexibility index (Phi) is 3.01. The molecule has 2 aromatic heterocycles. The highest BCUT2D eigenvalue weighted by molar-refractivity contribution is 6.29. The zero-order valence-corrected chi connectivity index (χ0v) is 11.0. The average molecular weight is 271 g/mol. The van der Waals surface area contributed by atoms with E-state index in [0.29, 0.717) is 16.8 Å². The van der Waals surface area contributed by atoms with Gasteiger partial charge in [-0.05, 0) is 31.2 Å². The fourth-order valence-electron chi connectivity index (χ4n) is 1.90. The van der Waals surface area contributed by atoms with Gasteiger partial charge < -0.3 is 5.32 Å². The highest BCUT2D eigenvalue weighted by Crippen LogP contribution is 2.21. The number of hydrogen-bond donors (Lipinski definition) is 1. The van der Waals surface area contributed by atoms with Crippen LogP contribution in [0, 0.1) is 6.92 Å². The van der Waals surface area contributed by atoms with Crippen LogP contribution in [0.3, 0.4) is 0 Å². The van der Waals surface area contributed by atoms with Crippen LogP contribution in [0.4, 0.5) is 11.5 Å². The van der Waals surface area contributed by atoms with E-state index < -0.39 is 0 Å². The van der Waals surface area contributed by atoms with Crippen molar-refractivity contribution in [2.45, 2.75) is 6.92 Å². The Hall–Kier alpha value is -2.20. The van der Waals surface area contributed by atoms with Crippen molar-refractivity contribution in [1.29, 1.82) is 0 Å². The molecule has 5 heteroatoms. The fraction of sp³-hybridized carbons (Fsp3) is 0.0714. The number of rotatable bonds is 2. The van der Waals surface area contributed by atoms with Gasteiger partial charge in [-0.3, -0.25) is 4.98 Å². The highest BCUT2D eigenvalue weighted by atomic mass is 35.5. The second-order valence-corrected chi connectivity index (χ2v) is 4.55. The normalized spacial score (nSPS) is 10.6. The number of aromatic nitrogens is 3. The third-order valence-corrected chi connectivity index (χ3v) is 2.88. The van der Waals surface area contributed by atoms with Crippen molar-refractivity contribution < 1.29 is 0 Å². The minimum absolute atomic E-state index is 0.428. The standard InChI is InChI=1S/C14H11ClN4/c1-9-17-13(15)8-14(18-9)19-11-4-5-12-10(7-11)3-2-6-16-12/h2-8H,1H3,(H,17,18,19). The molecule has 0 aliphatic heterocycles. The molecule has 1 aromatic carbocycles. The first kappa shape index (κ1) is 11.9. The second kappa shape index (κ2) is 4.82. The van der Waals surface area contributed by atoms with Crippen LogP contribution in [0.25, 0.3) is 10.9 Å². The summed E-state index contributed by atoms with van der Waals surface area (Å²) in [5.41, 5.74) is 1.90. The van der Waals surface area contributed by atoms with Gasteiger partial charge in [0.15, 0.2) is 0 Å². The Labute approximate surface area is 115 Å². The van der Waals surface area contributed by atoms with Gasteiger partial charge in [0.1, 0.15) is 16.8 Å². The van der Waals surface area contributed by atoms with E-state index in [4.69, 9.17) is 11.6 Å². The number of benzene rings is 1. The Morgan fingerprint density at radius 3 is 2.84 bits per heavy atom. The van der Waals surface area contributed by atoms with Crippen LogP contribution in [0.2, 0.25) is 5.15 Å². The summed E-state index contributed by atoms with van der Waals surface area (Å²) in [5, 5.41) is 4.72. The molecule has 0 atom stereocenters. The summed E-state index contributed by atoms with van der Waals surface area (Å²) in [6, 6.07) is 11.6. The fourth-order valence-corrected chi connectivity index (χ4v) is 2.12. The first-order valence-electron chi connectivity index (χ1n) is 5.84. The van der Waals surface area contributed by atoms with Gasteiger partial charge in [-0.25, -0.2) is 9.97 Å². The lowest BCUT2D eigenvalue weighted by atomic mass is 10.2. The van der Waals surface area contributed by atoms with Gasteiger partial charge in [-0.2, -0.15) is 0 Å². The number of fused-ring (bicyclic) bond motifs is 1. The first-order valence-corrected chi connectivity index (χ1v) is 6.21. The maximum absolute atomic E-state index is 5.91.